The van der Waals surface area contributed by atoms with Crippen molar-refractivity contribution >= 4 is 10.8 Å². The average molecular weight is 243 g/mol. The summed E-state index contributed by atoms with van der Waals surface area (Å²) in [6.07, 6.45) is 0.0170. The van der Waals surface area contributed by atoms with Crippen molar-refractivity contribution in [3.63, 3.8) is 0 Å². The Morgan fingerprint density at radius 1 is 1.06 bits per heavy atom. The SMILES string of the molecule is CC(C)(C)C(CN)Oc1cccc2ccccc12. The molecule has 0 aliphatic rings. The van der Waals surface area contributed by atoms with E-state index in [1.807, 2.05) is 24.3 Å². The molecule has 1 unspecified atom stereocenters. The second-order valence-electron chi connectivity index (χ2n) is 5.69. The number of hydrogen-bond donors (Lipinski definition) is 1. The lowest BCUT2D eigenvalue weighted by atomic mass is 9.89. The fourth-order valence-corrected chi connectivity index (χ4v) is 2.03. The topological polar surface area (TPSA) is 35.2 Å². The van der Waals surface area contributed by atoms with Crippen LogP contribution < -0.4 is 10.5 Å². The molecule has 0 radical (unpaired) electrons. The number of rotatable bonds is 3. The van der Waals surface area contributed by atoms with Gasteiger partial charge in [-0.15, -0.1) is 0 Å². The van der Waals surface area contributed by atoms with Gasteiger partial charge in [-0.05, 0) is 11.5 Å². The number of ether oxygens (including phenoxy) is 1. The molecule has 0 bridgehead atoms. The first kappa shape index (κ1) is 12.9. The predicted molar refractivity (Wildman–Crippen MR) is 76.9 cm³/mol. The summed E-state index contributed by atoms with van der Waals surface area (Å²) in [6.45, 7) is 6.97. The fraction of sp³-hybridized carbons (Fsp3) is 0.375. The van der Waals surface area contributed by atoms with Gasteiger partial charge in [0.15, 0.2) is 0 Å². The summed E-state index contributed by atoms with van der Waals surface area (Å²) >= 11 is 0. The van der Waals surface area contributed by atoms with Crippen LogP contribution in [0.25, 0.3) is 10.8 Å². The molecule has 2 aromatic carbocycles. The maximum absolute atomic E-state index is 6.12. The van der Waals surface area contributed by atoms with Crippen LogP contribution in [0.2, 0.25) is 0 Å². The maximum Gasteiger partial charge on any atom is 0.127 e. The molecule has 0 aliphatic carbocycles. The van der Waals surface area contributed by atoms with Crippen LogP contribution in [0, 0.1) is 5.41 Å². The van der Waals surface area contributed by atoms with Crippen LogP contribution >= 0.6 is 0 Å². The zero-order chi connectivity index (χ0) is 13.2. The summed E-state index contributed by atoms with van der Waals surface area (Å²) in [5.74, 6) is 0.915. The highest BCUT2D eigenvalue weighted by Gasteiger charge is 2.25. The molecular formula is C16H21NO. The molecule has 0 fully saturated rings. The summed E-state index contributed by atoms with van der Waals surface area (Å²) in [5, 5.41) is 2.34. The lowest BCUT2D eigenvalue weighted by Crippen LogP contribution is -2.38. The van der Waals surface area contributed by atoms with E-state index < -0.39 is 0 Å². The van der Waals surface area contributed by atoms with Crippen LogP contribution in [-0.4, -0.2) is 12.6 Å². The van der Waals surface area contributed by atoms with Gasteiger partial charge in [-0.25, -0.2) is 0 Å². The van der Waals surface area contributed by atoms with Crippen LogP contribution in [0.1, 0.15) is 20.8 Å². The zero-order valence-corrected chi connectivity index (χ0v) is 11.3. The predicted octanol–water partition coefficient (Wildman–Crippen LogP) is 3.59. The van der Waals surface area contributed by atoms with Crippen LogP contribution in [0.5, 0.6) is 5.75 Å². The van der Waals surface area contributed by atoms with E-state index in [2.05, 4.69) is 39.0 Å². The smallest absolute Gasteiger partial charge is 0.127 e. The Morgan fingerprint density at radius 2 is 1.72 bits per heavy atom. The molecule has 0 spiro atoms. The molecule has 0 aliphatic heterocycles. The van der Waals surface area contributed by atoms with Crippen molar-refractivity contribution in [2.75, 3.05) is 6.54 Å². The van der Waals surface area contributed by atoms with Crippen molar-refractivity contribution in [1.82, 2.24) is 0 Å². The van der Waals surface area contributed by atoms with Gasteiger partial charge >= 0.3 is 0 Å². The van der Waals surface area contributed by atoms with Gasteiger partial charge in [0, 0.05) is 17.3 Å². The summed E-state index contributed by atoms with van der Waals surface area (Å²) < 4.78 is 6.12. The van der Waals surface area contributed by atoms with E-state index in [0.717, 1.165) is 11.1 Å². The third-order valence-corrected chi connectivity index (χ3v) is 3.20. The molecular weight excluding hydrogens is 222 g/mol. The highest BCUT2D eigenvalue weighted by atomic mass is 16.5. The number of nitrogens with two attached hydrogens (primary N) is 1. The van der Waals surface area contributed by atoms with Gasteiger partial charge in [-0.2, -0.15) is 0 Å². The van der Waals surface area contributed by atoms with E-state index in [9.17, 15) is 0 Å². The minimum absolute atomic E-state index is 0.0170. The van der Waals surface area contributed by atoms with E-state index in [-0.39, 0.29) is 11.5 Å². The lowest BCUT2D eigenvalue weighted by molar-refractivity contribution is 0.0958. The Bertz CT molecular complexity index is 523. The second-order valence-corrected chi connectivity index (χ2v) is 5.69. The molecule has 2 nitrogen and oxygen atoms in total. The van der Waals surface area contributed by atoms with Gasteiger partial charge < -0.3 is 10.5 Å². The third-order valence-electron chi connectivity index (χ3n) is 3.20. The van der Waals surface area contributed by atoms with Crippen LogP contribution in [-0.2, 0) is 0 Å². The first-order valence-corrected chi connectivity index (χ1v) is 6.37. The molecule has 96 valence electrons. The quantitative estimate of drug-likeness (QED) is 0.894. The van der Waals surface area contributed by atoms with Crippen molar-refractivity contribution in [2.24, 2.45) is 11.1 Å². The Hall–Kier alpha value is -1.54. The molecule has 18 heavy (non-hydrogen) atoms. The summed E-state index contributed by atoms with van der Waals surface area (Å²) in [4.78, 5) is 0. The Balaban J connectivity index is 2.37. The normalized spacial score (nSPS) is 13.6. The number of fused-ring (bicyclic) bond motifs is 1. The van der Waals surface area contributed by atoms with E-state index in [1.165, 1.54) is 5.39 Å². The Kier molecular flexibility index (Phi) is 3.58. The molecule has 0 heterocycles. The van der Waals surface area contributed by atoms with Gasteiger partial charge in [-0.1, -0.05) is 57.2 Å². The molecule has 0 aromatic heterocycles. The van der Waals surface area contributed by atoms with E-state index >= 15 is 0 Å². The minimum Gasteiger partial charge on any atom is -0.488 e. The average Bonchev–Trinajstić information content (AvgIpc) is 2.34. The van der Waals surface area contributed by atoms with Gasteiger partial charge in [0.05, 0.1) is 0 Å². The third kappa shape index (κ3) is 2.65. The van der Waals surface area contributed by atoms with E-state index in [1.54, 1.807) is 0 Å². The first-order chi connectivity index (χ1) is 8.52. The molecule has 2 heteroatoms. The highest BCUT2D eigenvalue weighted by Crippen LogP contribution is 2.29. The molecule has 0 amide bonds. The van der Waals surface area contributed by atoms with Crippen molar-refractivity contribution in [3.8, 4) is 5.75 Å². The van der Waals surface area contributed by atoms with Crippen molar-refractivity contribution < 1.29 is 4.74 Å². The van der Waals surface area contributed by atoms with Gasteiger partial charge in [0.1, 0.15) is 11.9 Å². The van der Waals surface area contributed by atoms with Gasteiger partial charge in [-0.3, -0.25) is 0 Å². The van der Waals surface area contributed by atoms with E-state index in [0.29, 0.717) is 6.54 Å². The molecule has 1 atom stereocenters. The van der Waals surface area contributed by atoms with Crippen molar-refractivity contribution in [3.05, 3.63) is 42.5 Å². The molecule has 2 N–H and O–H groups in total. The van der Waals surface area contributed by atoms with Crippen molar-refractivity contribution in [2.45, 2.75) is 26.9 Å². The van der Waals surface area contributed by atoms with Crippen LogP contribution in [0.3, 0.4) is 0 Å². The lowest BCUT2D eigenvalue weighted by Gasteiger charge is -2.30. The van der Waals surface area contributed by atoms with Crippen LogP contribution in [0.15, 0.2) is 42.5 Å². The molecule has 2 rings (SSSR count). The molecule has 0 saturated heterocycles. The standard InChI is InChI=1S/C16H21NO/c1-16(2,3)15(11-17)18-14-10-6-8-12-7-4-5-9-13(12)14/h4-10,15H,11,17H2,1-3H3. The monoisotopic (exact) mass is 243 g/mol. The Labute approximate surface area is 109 Å². The van der Waals surface area contributed by atoms with Gasteiger partial charge in [0.25, 0.3) is 0 Å². The number of benzene rings is 2. The first-order valence-electron chi connectivity index (χ1n) is 6.37. The van der Waals surface area contributed by atoms with Crippen molar-refractivity contribution in [1.29, 1.82) is 0 Å². The summed E-state index contributed by atoms with van der Waals surface area (Å²) in [6, 6.07) is 14.4. The Morgan fingerprint density at radius 3 is 2.39 bits per heavy atom. The largest absolute Gasteiger partial charge is 0.488 e. The minimum atomic E-state index is 0.0170. The fourth-order valence-electron chi connectivity index (χ4n) is 2.03. The highest BCUT2D eigenvalue weighted by molar-refractivity contribution is 5.88. The van der Waals surface area contributed by atoms with Crippen LogP contribution in [0.4, 0.5) is 0 Å². The maximum atomic E-state index is 6.12. The summed E-state index contributed by atoms with van der Waals surface area (Å²) in [7, 11) is 0. The van der Waals surface area contributed by atoms with E-state index in [4.69, 9.17) is 10.5 Å². The van der Waals surface area contributed by atoms with Gasteiger partial charge in [0.2, 0.25) is 0 Å². The molecule has 0 saturated carbocycles. The molecule has 2 aromatic rings. The zero-order valence-electron chi connectivity index (χ0n) is 11.3. The summed E-state index contributed by atoms with van der Waals surface area (Å²) in [5.41, 5.74) is 5.86. The number of hydrogen-bond acceptors (Lipinski definition) is 2. The second kappa shape index (κ2) is 4.99.